The van der Waals surface area contributed by atoms with Gasteiger partial charge < -0.3 is 10.2 Å². The Balaban J connectivity index is 1.84. The van der Waals surface area contributed by atoms with Gasteiger partial charge in [0.25, 0.3) is 0 Å². The molecule has 0 spiro atoms. The normalized spacial score (nSPS) is 18.8. The van der Waals surface area contributed by atoms with Crippen LogP contribution in [0.25, 0.3) is 0 Å². The van der Waals surface area contributed by atoms with Crippen molar-refractivity contribution in [2.45, 2.75) is 37.8 Å². The van der Waals surface area contributed by atoms with Crippen molar-refractivity contribution in [1.82, 2.24) is 15.2 Å². The number of rotatable bonds is 5. The van der Waals surface area contributed by atoms with Crippen molar-refractivity contribution in [2.24, 2.45) is 0 Å². The molecule has 0 amide bonds. The Morgan fingerprint density at radius 2 is 2.12 bits per heavy atom. The summed E-state index contributed by atoms with van der Waals surface area (Å²) in [6.07, 6.45) is 9.13. The molecule has 94 valence electrons. The summed E-state index contributed by atoms with van der Waals surface area (Å²) in [5, 5.41) is 3.58. The predicted molar refractivity (Wildman–Crippen MR) is 70.8 cm³/mol. The number of nitrogens with zero attached hydrogens (tertiary/aromatic N) is 2. The van der Waals surface area contributed by atoms with E-state index in [9.17, 15) is 0 Å². The lowest BCUT2D eigenvalue weighted by atomic mass is 9.96. The van der Waals surface area contributed by atoms with Gasteiger partial charge in [0.2, 0.25) is 0 Å². The van der Waals surface area contributed by atoms with Gasteiger partial charge in [-0.1, -0.05) is 18.9 Å². The van der Waals surface area contributed by atoms with Crippen LogP contribution >= 0.6 is 0 Å². The minimum absolute atomic E-state index is 0.377. The number of aromatic nitrogens is 1. The van der Waals surface area contributed by atoms with Gasteiger partial charge in [0, 0.05) is 31.0 Å². The van der Waals surface area contributed by atoms with E-state index < -0.39 is 0 Å². The van der Waals surface area contributed by atoms with Crippen LogP contribution in [0.3, 0.4) is 0 Å². The van der Waals surface area contributed by atoms with E-state index in [1.54, 1.807) is 0 Å². The Morgan fingerprint density at radius 3 is 2.71 bits per heavy atom. The highest BCUT2D eigenvalue weighted by atomic mass is 15.2. The van der Waals surface area contributed by atoms with Crippen LogP contribution in [-0.4, -0.2) is 36.1 Å². The van der Waals surface area contributed by atoms with E-state index >= 15 is 0 Å². The minimum Gasteiger partial charge on any atom is -0.311 e. The van der Waals surface area contributed by atoms with E-state index in [-0.39, 0.29) is 0 Å². The van der Waals surface area contributed by atoms with Crippen LogP contribution in [0.5, 0.6) is 0 Å². The first kappa shape index (κ1) is 12.5. The lowest BCUT2D eigenvalue weighted by Gasteiger charge is -2.36. The lowest BCUT2D eigenvalue weighted by molar-refractivity contribution is 0.153. The molecular formula is C14H23N3. The largest absolute Gasteiger partial charge is 0.311 e. The van der Waals surface area contributed by atoms with Crippen LogP contribution in [0.2, 0.25) is 0 Å². The molecule has 0 atom stereocenters. The van der Waals surface area contributed by atoms with Crippen molar-refractivity contribution in [3.8, 4) is 0 Å². The standard InChI is InChI=1S/C14H23N3/c1-17(2)14(7-3-4-8-14)12-16-11-13-6-5-9-15-10-13/h5-6,9-10,16H,3-4,7-8,11-12H2,1-2H3. The van der Waals surface area contributed by atoms with Crippen molar-refractivity contribution < 1.29 is 0 Å². The predicted octanol–water partition coefficient (Wildman–Crippen LogP) is 2.05. The molecule has 0 aromatic carbocycles. The molecule has 2 rings (SSSR count). The third-order valence-electron chi connectivity index (χ3n) is 3.99. The molecule has 1 fully saturated rings. The molecule has 1 N–H and O–H groups in total. The van der Waals surface area contributed by atoms with E-state index in [0.29, 0.717) is 5.54 Å². The Hall–Kier alpha value is -0.930. The highest BCUT2D eigenvalue weighted by Gasteiger charge is 2.35. The third kappa shape index (κ3) is 3.05. The maximum absolute atomic E-state index is 4.14. The van der Waals surface area contributed by atoms with Crippen LogP contribution < -0.4 is 5.32 Å². The second-order valence-corrected chi connectivity index (χ2v) is 5.29. The fraction of sp³-hybridized carbons (Fsp3) is 0.643. The van der Waals surface area contributed by atoms with Gasteiger partial charge in [-0.2, -0.15) is 0 Å². The quantitative estimate of drug-likeness (QED) is 0.843. The number of likely N-dealkylation sites (N-methyl/N-ethyl adjacent to an activating group) is 1. The maximum atomic E-state index is 4.14. The Morgan fingerprint density at radius 1 is 1.35 bits per heavy atom. The molecule has 3 heteroatoms. The highest BCUT2D eigenvalue weighted by molar-refractivity contribution is 5.08. The Bertz CT molecular complexity index is 329. The molecule has 1 aromatic heterocycles. The molecule has 0 radical (unpaired) electrons. The molecule has 0 bridgehead atoms. The van der Waals surface area contributed by atoms with Crippen molar-refractivity contribution in [3.05, 3.63) is 30.1 Å². The number of pyridine rings is 1. The molecule has 0 saturated heterocycles. The topological polar surface area (TPSA) is 28.2 Å². The van der Waals surface area contributed by atoms with Gasteiger partial charge in [-0.25, -0.2) is 0 Å². The molecule has 1 aromatic rings. The first-order chi connectivity index (χ1) is 8.23. The Labute approximate surface area is 104 Å². The minimum atomic E-state index is 0.377. The van der Waals surface area contributed by atoms with E-state index in [1.165, 1.54) is 31.2 Å². The second-order valence-electron chi connectivity index (χ2n) is 5.29. The average Bonchev–Trinajstić information content (AvgIpc) is 2.80. The number of hydrogen-bond acceptors (Lipinski definition) is 3. The summed E-state index contributed by atoms with van der Waals surface area (Å²) < 4.78 is 0. The zero-order chi connectivity index (χ0) is 12.1. The van der Waals surface area contributed by atoms with Crippen molar-refractivity contribution in [1.29, 1.82) is 0 Å². The van der Waals surface area contributed by atoms with Crippen LogP contribution in [0.1, 0.15) is 31.2 Å². The smallest absolute Gasteiger partial charge is 0.0328 e. The molecule has 1 aliphatic carbocycles. The fourth-order valence-corrected chi connectivity index (χ4v) is 2.76. The summed E-state index contributed by atoms with van der Waals surface area (Å²) in [6, 6.07) is 4.12. The summed E-state index contributed by atoms with van der Waals surface area (Å²) >= 11 is 0. The van der Waals surface area contributed by atoms with Crippen molar-refractivity contribution >= 4 is 0 Å². The van der Waals surface area contributed by atoms with E-state index in [0.717, 1.165) is 13.1 Å². The average molecular weight is 233 g/mol. The summed E-state index contributed by atoms with van der Waals surface area (Å²) in [7, 11) is 4.41. The lowest BCUT2D eigenvalue weighted by Crippen LogP contribution is -2.49. The Kier molecular flexibility index (Phi) is 4.13. The van der Waals surface area contributed by atoms with Gasteiger partial charge >= 0.3 is 0 Å². The van der Waals surface area contributed by atoms with Gasteiger partial charge in [0.1, 0.15) is 0 Å². The molecule has 3 nitrogen and oxygen atoms in total. The van der Waals surface area contributed by atoms with Crippen LogP contribution in [0.4, 0.5) is 0 Å². The van der Waals surface area contributed by atoms with Gasteiger partial charge in [-0.15, -0.1) is 0 Å². The van der Waals surface area contributed by atoms with Crippen molar-refractivity contribution in [2.75, 3.05) is 20.6 Å². The molecule has 0 aliphatic heterocycles. The van der Waals surface area contributed by atoms with Gasteiger partial charge in [-0.05, 0) is 38.6 Å². The third-order valence-corrected chi connectivity index (χ3v) is 3.99. The number of hydrogen-bond donors (Lipinski definition) is 1. The zero-order valence-electron chi connectivity index (χ0n) is 10.9. The van der Waals surface area contributed by atoms with Crippen LogP contribution in [-0.2, 0) is 6.54 Å². The molecular weight excluding hydrogens is 210 g/mol. The van der Waals surface area contributed by atoms with E-state index in [4.69, 9.17) is 0 Å². The van der Waals surface area contributed by atoms with Crippen LogP contribution in [0, 0.1) is 0 Å². The first-order valence-electron chi connectivity index (χ1n) is 6.50. The zero-order valence-corrected chi connectivity index (χ0v) is 10.9. The summed E-state index contributed by atoms with van der Waals surface area (Å²) in [4.78, 5) is 6.54. The molecule has 1 heterocycles. The summed E-state index contributed by atoms with van der Waals surface area (Å²) in [6.45, 7) is 2.00. The fourth-order valence-electron chi connectivity index (χ4n) is 2.76. The monoisotopic (exact) mass is 233 g/mol. The van der Waals surface area contributed by atoms with E-state index in [2.05, 4.69) is 35.4 Å². The molecule has 1 saturated carbocycles. The SMILES string of the molecule is CN(C)C1(CNCc2cccnc2)CCCC1. The molecule has 0 unspecified atom stereocenters. The van der Waals surface area contributed by atoms with Crippen LogP contribution in [0.15, 0.2) is 24.5 Å². The second kappa shape index (κ2) is 5.61. The first-order valence-corrected chi connectivity index (χ1v) is 6.50. The van der Waals surface area contributed by atoms with Crippen molar-refractivity contribution in [3.63, 3.8) is 0 Å². The highest BCUT2D eigenvalue weighted by Crippen LogP contribution is 2.33. The van der Waals surface area contributed by atoms with Gasteiger partial charge in [0.15, 0.2) is 0 Å². The summed E-state index contributed by atoms with van der Waals surface area (Å²) in [5.41, 5.74) is 1.64. The maximum Gasteiger partial charge on any atom is 0.0328 e. The number of nitrogens with one attached hydrogen (secondary N) is 1. The van der Waals surface area contributed by atoms with Gasteiger partial charge in [-0.3, -0.25) is 4.98 Å². The van der Waals surface area contributed by atoms with E-state index in [1.807, 2.05) is 18.5 Å². The van der Waals surface area contributed by atoms with Gasteiger partial charge in [0.05, 0.1) is 0 Å². The summed E-state index contributed by atoms with van der Waals surface area (Å²) in [5.74, 6) is 0. The molecule has 1 aliphatic rings. The molecule has 17 heavy (non-hydrogen) atoms.